The number of phenolic OH excluding ortho intramolecular Hbond substituents is 1. The molecule has 36 heavy (non-hydrogen) atoms. The molecule has 1 heterocycles. The molecule has 0 aromatic heterocycles. The smallest absolute Gasteiger partial charge is 0.341 e. The van der Waals surface area contributed by atoms with Crippen LogP contribution in [0.3, 0.4) is 0 Å². The van der Waals surface area contributed by atoms with E-state index in [1.807, 2.05) is 6.92 Å². The van der Waals surface area contributed by atoms with Gasteiger partial charge in [0.15, 0.2) is 0 Å². The molecule has 1 aliphatic heterocycles. The Morgan fingerprint density at radius 2 is 1.81 bits per heavy atom. The average Bonchev–Trinajstić information content (AvgIpc) is 3.12. The van der Waals surface area contributed by atoms with Gasteiger partial charge in [-0.05, 0) is 68.1 Å². The maximum atomic E-state index is 12.7. The molecule has 186 valence electrons. The first-order valence-electron chi connectivity index (χ1n) is 11.1. The number of esters is 1. The molecule has 0 saturated carbocycles. The lowest BCUT2D eigenvalue weighted by atomic mass is 9.95. The van der Waals surface area contributed by atoms with Crippen molar-refractivity contribution in [3.05, 3.63) is 99.1 Å². The number of aromatic hydroxyl groups is 1. The first-order chi connectivity index (χ1) is 17.0. The number of carboxylic acids is 1. The number of aromatic carboxylic acids is 1. The average molecular weight is 509 g/mol. The number of ether oxygens (including phenoxy) is 1. The molecule has 9 heteroatoms. The zero-order valence-electron chi connectivity index (χ0n) is 19.8. The Hall–Kier alpha value is -3.95. The first-order valence-corrected chi connectivity index (χ1v) is 12.5. The Bertz CT molecular complexity index is 1500. The molecule has 0 spiro atoms. The number of allylic oxidation sites excluding steroid dienone is 1. The number of hydrogen-bond donors (Lipinski definition) is 2. The number of aryl methyl sites for hydroxylation is 2. The van der Waals surface area contributed by atoms with E-state index in [2.05, 4.69) is 0 Å². The number of hydrogen-bond acceptors (Lipinski definition) is 7. The topological polar surface area (TPSA) is 127 Å². The zero-order chi connectivity index (χ0) is 26.2. The summed E-state index contributed by atoms with van der Waals surface area (Å²) in [6, 6.07) is 12.4. The molecular weight excluding hydrogens is 484 g/mol. The minimum atomic E-state index is -4.24. The van der Waals surface area contributed by atoms with Gasteiger partial charge in [0.2, 0.25) is 6.29 Å². The van der Waals surface area contributed by atoms with E-state index in [4.69, 9.17) is 8.92 Å². The molecule has 0 fully saturated rings. The molecule has 1 aliphatic rings. The number of phenols is 1. The number of cyclic esters (lactones) is 1. The van der Waals surface area contributed by atoms with E-state index in [0.717, 1.165) is 11.1 Å². The quantitative estimate of drug-likeness (QED) is 0.343. The zero-order valence-corrected chi connectivity index (χ0v) is 20.6. The molecule has 0 saturated heterocycles. The number of carboxylic acid groups (broad SMARTS) is 1. The predicted molar refractivity (Wildman–Crippen MR) is 131 cm³/mol. The van der Waals surface area contributed by atoms with Crippen molar-refractivity contribution in [3.63, 3.8) is 0 Å². The number of fused-ring (bicyclic) bond motifs is 1. The molecule has 8 nitrogen and oxygen atoms in total. The summed E-state index contributed by atoms with van der Waals surface area (Å²) in [5.41, 5.74) is 3.23. The van der Waals surface area contributed by atoms with Crippen LogP contribution in [-0.2, 0) is 25.5 Å². The van der Waals surface area contributed by atoms with Crippen molar-refractivity contribution in [2.45, 2.75) is 38.4 Å². The highest BCUT2D eigenvalue weighted by Crippen LogP contribution is 2.41. The number of rotatable bonds is 7. The van der Waals surface area contributed by atoms with Crippen molar-refractivity contribution in [3.8, 4) is 5.75 Å². The van der Waals surface area contributed by atoms with Crippen molar-refractivity contribution in [1.82, 2.24) is 0 Å². The van der Waals surface area contributed by atoms with Gasteiger partial charge >= 0.3 is 22.1 Å². The lowest BCUT2D eigenvalue weighted by Crippen LogP contribution is -2.13. The maximum Gasteiger partial charge on any atom is 0.341 e. The van der Waals surface area contributed by atoms with Crippen LogP contribution in [0.2, 0.25) is 0 Å². The van der Waals surface area contributed by atoms with Gasteiger partial charge in [0, 0.05) is 11.1 Å². The molecule has 4 rings (SSSR count). The Labute approximate surface area is 208 Å². The second kappa shape index (κ2) is 9.60. The van der Waals surface area contributed by atoms with Crippen LogP contribution in [0.15, 0.2) is 59.5 Å². The third-order valence-corrected chi connectivity index (χ3v) is 7.32. The van der Waals surface area contributed by atoms with Crippen LogP contribution in [0.4, 0.5) is 0 Å². The second-order valence-corrected chi connectivity index (χ2v) is 10.1. The second-order valence-electron chi connectivity index (χ2n) is 8.52. The van der Waals surface area contributed by atoms with E-state index < -0.39 is 28.3 Å². The fourth-order valence-corrected chi connectivity index (χ4v) is 5.02. The van der Waals surface area contributed by atoms with Crippen molar-refractivity contribution >= 4 is 28.1 Å². The monoisotopic (exact) mass is 508 g/mol. The summed E-state index contributed by atoms with van der Waals surface area (Å²) >= 11 is 0. The molecule has 3 aromatic rings. The molecular formula is C27H24O8S. The van der Waals surface area contributed by atoms with Crippen molar-refractivity contribution < 1.29 is 37.1 Å². The van der Waals surface area contributed by atoms with E-state index in [1.165, 1.54) is 24.3 Å². The molecule has 3 aromatic carbocycles. The van der Waals surface area contributed by atoms with Gasteiger partial charge in [-0.1, -0.05) is 42.0 Å². The number of carbonyl (C=O) groups is 2. The molecule has 0 aliphatic carbocycles. The summed E-state index contributed by atoms with van der Waals surface area (Å²) in [5.74, 6) is -1.96. The molecule has 2 N–H and O–H groups in total. The van der Waals surface area contributed by atoms with E-state index >= 15 is 0 Å². The minimum absolute atomic E-state index is 0.0850. The molecule has 0 radical (unpaired) electrons. The van der Waals surface area contributed by atoms with E-state index in [-0.39, 0.29) is 39.3 Å². The van der Waals surface area contributed by atoms with Crippen molar-refractivity contribution in [2.75, 3.05) is 0 Å². The molecule has 0 bridgehead atoms. The summed E-state index contributed by atoms with van der Waals surface area (Å²) in [6.45, 7) is 5.16. The Morgan fingerprint density at radius 1 is 1.11 bits per heavy atom. The summed E-state index contributed by atoms with van der Waals surface area (Å²) in [5, 5.41) is 20.2. The van der Waals surface area contributed by atoms with Crippen molar-refractivity contribution in [2.24, 2.45) is 0 Å². The maximum absolute atomic E-state index is 12.7. The third kappa shape index (κ3) is 4.75. The van der Waals surface area contributed by atoms with Crippen LogP contribution in [0, 0.1) is 20.8 Å². The standard InChI is InChI=1S/C27H24O8S/c1-15-10-12-19(13-11-15)36(32,33)35-27-23-17(3)24(28)18(14-22(23)26(31)34-27)7-5-8-20-16(2)6-4-9-21(20)25(29)30/h4-6,8-14,27-28H,7H2,1-3H3,(H,29,30). The number of benzene rings is 3. The fraction of sp³-hybridized carbons (Fsp3) is 0.185. The van der Waals surface area contributed by atoms with Crippen LogP contribution in [0.25, 0.3) is 6.08 Å². The van der Waals surface area contributed by atoms with Gasteiger partial charge in [0.1, 0.15) is 5.75 Å². The highest BCUT2D eigenvalue weighted by Gasteiger charge is 2.38. The lowest BCUT2D eigenvalue weighted by Gasteiger charge is -2.15. The Morgan fingerprint density at radius 3 is 2.47 bits per heavy atom. The SMILES string of the molecule is Cc1ccc(S(=O)(=O)OC2OC(=O)c3cc(CC=Cc4c(C)cccc4C(=O)O)c(O)c(C)c32)cc1. The summed E-state index contributed by atoms with van der Waals surface area (Å²) in [4.78, 5) is 24.0. The fourth-order valence-electron chi connectivity index (χ4n) is 4.07. The molecule has 1 unspecified atom stereocenters. The molecule has 1 atom stereocenters. The number of carbonyl (C=O) groups excluding carboxylic acids is 1. The van der Waals surface area contributed by atoms with Gasteiger partial charge in [-0.3, -0.25) is 0 Å². The van der Waals surface area contributed by atoms with Gasteiger partial charge in [0.25, 0.3) is 0 Å². The van der Waals surface area contributed by atoms with Crippen LogP contribution in [-0.4, -0.2) is 30.6 Å². The van der Waals surface area contributed by atoms with Crippen LogP contribution >= 0.6 is 0 Å². The van der Waals surface area contributed by atoms with Crippen molar-refractivity contribution in [1.29, 1.82) is 0 Å². The minimum Gasteiger partial charge on any atom is -0.507 e. The third-order valence-electron chi connectivity index (χ3n) is 6.04. The predicted octanol–water partition coefficient (Wildman–Crippen LogP) is 4.85. The normalized spacial score (nSPS) is 15.2. The van der Waals surface area contributed by atoms with E-state index in [0.29, 0.717) is 11.1 Å². The Kier molecular flexibility index (Phi) is 6.71. The highest BCUT2D eigenvalue weighted by atomic mass is 32.2. The van der Waals surface area contributed by atoms with Gasteiger partial charge < -0.3 is 14.9 Å². The summed E-state index contributed by atoms with van der Waals surface area (Å²) in [7, 11) is -4.24. The largest absolute Gasteiger partial charge is 0.507 e. The lowest BCUT2D eigenvalue weighted by molar-refractivity contribution is -0.0347. The summed E-state index contributed by atoms with van der Waals surface area (Å²) in [6.07, 6.45) is 2.00. The van der Waals surface area contributed by atoms with E-state index in [1.54, 1.807) is 50.3 Å². The van der Waals surface area contributed by atoms with E-state index in [9.17, 15) is 28.2 Å². The van der Waals surface area contributed by atoms with Crippen LogP contribution < -0.4 is 0 Å². The van der Waals surface area contributed by atoms with Gasteiger partial charge in [-0.2, -0.15) is 8.42 Å². The highest BCUT2D eigenvalue weighted by molar-refractivity contribution is 7.86. The van der Waals surface area contributed by atoms with Gasteiger partial charge in [-0.15, -0.1) is 0 Å². The van der Waals surface area contributed by atoms with Crippen LogP contribution in [0.1, 0.15) is 60.4 Å². The first kappa shape index (κ1) is 25.2. The van der Waals surface area contributed by atoms with Crippen LogP contribution in [0.5, 0.6) is 5.75 Å². The van der Waals surface area contributed by atoms with Gasteiger partial charge in [0.05, 0.1) is 16.0 Å². The summed E-state index contributed by atoms with van der Waals surface area (Å²) < 4.78 is 35.9. The Balaban J connectivity index is 1.63. The van der Waals surface area contributed by atoms with Gasteiger partial charge in [-0.25, -0.2) is 13.8 Å². The molecule has 0 amide bonds.